The van der Waals surface area contributed by atoms with Crippen LogP contribution in [0.5, 0.6) is 0 Å². The van der Waals surface area contributed by atoms with Gasteiger partial charge >= 0.3 is 0 Å². The van der Waals surface area contributed by atoms with Gasteiger partial charge in [-0.1, -0.05) is 23.3 Å². The molecule has 18 heavy (non-hydrogen) atoms. The van der Waals surface area contributed by atoms with Gasteiger partial charge in [0.05, 0.1) is 12.3 Å². The summed E-state index contributed by atoms with van der Waals surface area (Å²) < 4.78 is 1.52. The van der Waals surface area contributed by atoms with Gasteiger partial charge in [0.1, 0.15) is 5.60 Å². The van der Waals surface area contributed by atoms with E-state index in [1.165, 1.54) is 11.6 Å². The van der Waals surface area contributed by atoms with Crippen LogP contribution in [0.25, 0.3) is 5.69 Å². The Balaban J connectivity index is 2.14. The summed E-state index contributed by atoms with van der Waals surface area (Å²) in [7, 11) is 0. The van der Waals surface area contributed by atoms with Crippen molar-refractivity contribution in [2.45, 2.75) is 12.5 Å². The summed E-state index contributed by atoms with van der Waals surface area (Å²) in [4.78, 5) is 0. The van der Waals surface area contributed by atoms with E-state index in [0.29, 0.717) is 5.95 Å². The predicted molar refractivity (Wildman–Crippen MR) is 65.4 cm³/mol. The van der Waals surface area contributed by atoms with E-state index < -0.39 is 5.60 Å². The number of rotatable bonds is 5. The van der Waals surface area contributed by atoms with Crippen LogP contribution in [0.15, 0.2) is 30.3 Å². The summed E-state index contributed by atoms with van der Waals surface area (Å²) in [6, 6.07) is 9.39. The lowest BCUT2D eigenvalue weighted by atomic mass is 10.1. The molecule has 0 saturated heterocycles. The average Bonchev–Trinajstić information content (AvgIpc) is 2.86. The Morgan fingerprint density at radius 2 is 2.06 bits per heavy atom. The summed E-state index contributed by atoms with van der Waals surface area (Å²) in [6.07, 6.45) is 0. The van der Waals surface area contributed by atoms with Crippen LogP contribution in [0, 0.1) is 0 Å². The minimum absolute atomic E-state index is 0.150. The van der Waals surface area contributed by atoms with Crippen LogP contribution in [0.1, 0.15) is 6.92 Å². The van der Waals surface area contributed by atoms with Crippen LogP contribution in [0.2, 0.25) is 0 Å². The van der Waals surface area contributed by atoms with Crippen molar-refractivity contribution in [2.75, 3.05) is 18.5 Å². The van der Waals surface area contributed by atoms with Crippen LogP contribution in [-0.4, -0.2) is 49.2 Å². The summed E-state index contributed by atoms with van der Waals surface area (Å²) in [5.41, 5.74) is -0.401. The highest BCUT2D eigenvalue weighted by atomic mass is 16.3. The Morgan fingerprint density at radius 3 is 2.72 bits per heavy atom. The summed E-state index contributed by atoms with van der Waals surface area (Å²) in [5, 5.41) is 32.8. The van der Waals surface area contributed by atoms with E-state index in [1.54, 1.807) is 0 Å². The minimum Gasteiger partial charge on any atom is -0.393 e. The highest BCUT2D eigenvalue weighted by molar-refractivity contribution is 5.38. The predicted octanol–water partition coefficient (Wildman–Crippen LogP) is -0.183. The van der Waals surface area contributed by atoms with Crippen LogP contribution in [0.3, 0.4) is 0 Å². The van der Waals surface area contributed by atoms with E-state index >= 15 is 0 Å². The molecule has 96 valence electrons. The number of nitrogens with one attached hydrogen (secondary N) is 1. The number of para-hydroxylation sites is 1. The Labute approximate surface area is 104 Å². The zero-order valence-corrected chi connectivity index (χ0v) is 9.98. The van der Waals surface area contributed by atoms with Gasteiger partial charge in [-0.25, -0.2) is 0 Å². The van der Waals surface area contributed by atoms with E-state index in [0.717, 1.165) is 5.69 Å². The summed E-state index contributed by atoms with van der Waals surface area (Å²) in [6.45, 7) is 1.33. The third kappa shape index (κ3) is 2.82. The fourth-order valence-electron chi connectivity index (χ4n) is 1.37. The van der Waals surface area contributed by atoms with E-state index in [1.807, 2.05) is 30.3 Å². The summed E-state index contributed by atoms with van der Waals surface area (Å²) >= 11 is 0. The normalized spacial score (nSPS) is 14.2. The van der Waals surface area contributed by atoms with Crippen molar-refractivity contribution in [1.82, 2.24) is 20.2 Å². The number of hydrogen-bond donors (Lipinski definition) is 3. The SMILES string of the molecule is CC(O)(CO)CNc1nnnn1-c1ccccc1. The maximum atomic E-state index is 9.69. The molecular weight excluding hydrogens is 234 g/mol. The van der Waals surface area contributed by atoms with Gasteiger partial charge in [-0.05, 0) is 29.5 Å². The number of aliphatic hydroxyl groups excluding tert-OH is 1. The third-order valence-electron chi connectivity index (χ3n) is 2.44. The van der Waals surface area contributed by atoms with Gasteiger partial charge in [-0.3, -0.25) is 0 Å². The number of aromatic nitrogens is 4. The van der Waals surface area contributed by atoms with Crippen molar-refractivity contribution in [3.63, 3.8) is 0 Å². The second-order valence-electron chi connectivity index (χ2n) is 4.26. The molecule has 0 spiro atoms. The standard InChI is InChI=1S/C11H15N5O2/c1-11(18,8-17)7-12-10-13-14-15-16(10)9-5-3-2-4-6-9/h2-6,17-18H,7-8H2,1H3,(H,12,13,15). The molecule has 2 aromatic rings. The number of hydrogen-bond acceptors (Lipinski definition) is 6. The first-order valence-electron chi connectivity index (χ1n) is 5.53. The first kappa shape index (κ1) is 12.5. The van der Waals surface area contributed by atoms with Gasteiger partial charge < -0.3 is 15.5 Å². The molecule has 7 nitrogen and oxygen atoms in total. The van der Waals surface area contributed by atoms with E-state index in [-0.39, 0.29) is 13.2 Å². The minimum atomic E-state index is -1.21. The van der Waals surface area contributed by atoms with Gasteiger partial charge in [-0.2, -0.15) is 4.68 Å². The number of anilines is 1. The van der Waals surface area contributed by atoms with Crippen molar-refractivity contribution in [2.24, 2.45) is 0 Å². The molecule has 1 aromatic carbocycles. The molecule has 1 aromatic heterocycles. The molecule has 1 atom stereocenters. The summed E-state index contributed by atoms with van der Waals surface area (Å²) in [5.74, 6) is 0.412. The Kier molecular flexibility index (Phi) is 3.54. The number of nitrogens with zero attached hydrogens (tertiary/aromatic N) is 4. The second-order valence-corrected chi connectivity index (χ2v) is 4.26. The van der Waals surface area contributed by atoms with Gasteiger partial charge in [-0.15, -0.1) is 0 Å². The maximum absolute atomic E-state index is 9.69. The second kappa shape index (κ2) is 5.11. The molecule has 1 heterocycles. The highest BCUT2D eigenvalue weighted by Gasteiger charge is 2.20. The van der Waals surface area contributed by atoms with E-state index in [4.69, 9.17) is 5.11 Å². The molecule has 0 aliphatic heterocycles. The molecule has 0 aliphatic rings. The van der Waals surface area contributed by atoms with Gasteiger partial charge in [0.2, 0.25) is 5.95 Å². The third-order valence-corrected chi connectivity index (χ3v) is 2.44. The fourth-order valence-corrected chi connectivity index (χ4v) is 1.37. The lowest BCUT2D eigenvalue weighted by Gasteiger charge is -2.20. The number of tetrazole rings is 1. The maximum Gasteiger partial charge on any atom is 0.247 e. The average molecular weight is 249 g/mol. The van der Waals surface area contributed by atoms with Gasteiger partial charge in [0.25, 0.3) is 0 Å². The molecule has 0 amide bonds. The number of benzene rings is 1. The molecule has 0 aliphatic carbocycles. The van der Waals surface area contributed by atoms with Crippen LogP contribution >= 0.6 is 0 Å². The lowest BCUT2D eigenvalue weighted by Crippen LogP contribution is -2.37. The van der Waals surface area contributed by atoms with E-state index in [9.17, 15) is 5.11 Å². The molecule has 3 N–H and O–H groups in total. The smallest absolute Gasteiger partial charge is 0.247 e. The molecule has 7 heteroatoms. The molecule has 0 fully saturated rings. The largest absolute Gasteiger partial charge is 0.393 e. The lowest BCUT2D eigenvalue weighted by molar-refractivity contribution is 0.0131. The first-order valence-corrected chi connectivity index (χ1v) is 5.53. The first-order chi connectivity index (χ1) is 8.62. The van der Waals surface area contributed by atoms with Crippen molar-refractivity contribution >= 4 is 5.95 Å². The van der Waals surface area contributed by atoms with Crippen molar-refractivity contribution in [3.05, 3.63) is 30.3 Å². The number of aliphatic hydroxyl groups is 2. The van der Waals surface area contributed by atoms with Crippen molar-refractivity contribution in [1.29, 1.82) is 0 Å². The van der Waals surface area contributed by atoms with Gasteiger partial charge in [0, 0.05) is 6.54 Å². The molecule has 0 radical (unpaired) electrons. The van der Waals surface area contributed by atoms with Crippen LogP contribution < -0.4 is 5.32 Å². The van der Waals surface area contributed by atoms with Gasteiger partial charge in [0.15, 0.2) is 0 Å². The monoisotopic (exact) mass is 249 g/mol. The molecule has 2 rings (SSSR count). The molecule has 1 unspecified atom stereocenters. The zero-order valence-electron chi connectivity index (χ0n) is 9.98. The highest BCUT2D eigenvalue weighted by Crippen LogP contribution is 2.11. The van der Waals surface area contributed by atoms with Crippen molar-refractivity contribution in [3.8, 4) is 5.69 Å². The Morgan fingerprint density at radius 1 is 1.33 bits per heavy atom. The fraction of sp³-hybridized carbons (Fsp3) is 0.364. The Hall–Kier alpha value is -1.99. The molecule has 0 bridgehead atoms. The zero-order chi connectivity index (χ0) is 13.0. The van der Waals surface area contributed by atoms with Crippen LogP contribution in [-0.2, 0) is 0 Å². The van der Waals surface area contributed by atoms with Crippen molar-refractivity contribution < 1.29 is 10.2 Å². The molecule has 0 saturated carbocycles. The topological polar surface area (TPSA) is 96.1 Å². The molecular formula is C11H15N5O2. The quantitative estimate of drug-likeness (QED) is 0.680. The van der Waals surface area contributed by atoms with E-state index in [2.05, 4.69) is 20.8 Å². The van der Waals surface area contributed by atoms with Crippen LogP contribution in [0.4, 0.5) is 5.95 Å². The Bertz CT molecular complexity index is 497.